The molecule has 2 heterocycles. The van der Waals surface area contributed by atoms with Crippen molar-refractivity contribution in [3.8, 4) is 0 Å². The van der Waals surface area contributed by atoms with E-state index in [9.17, 15) is 0 Å². The summed E-state index contributed by atoms with van der Waals surface area (Å²) < 4.78 is 3.87. The summed E-state index contributed by atoms with van der Waals surface area (Å²) in [5.41, 5.74) is 10.3. The molecule has 0 bridgehead atoms. The summed E-state index contributed by atoms with van der Waals surface area (Å²) in [5.74, 6) is 0.570. The van der Waals surface area contributed by atoms with Crippen molar-refractivity contribution in [3.05, 3.63) is 41.7 Å². The Hall–Kier alpha value is -2.30. The molecule has 0 saturated carbocycles. The monoisotopic (exact) mass is 255 g/mol. The molecule has 0 aliphatic carbocycles. The van der Waals surface area contributed by atoms with Gasteiger partial charge in [0.05, 0.1) is 16.7 Å². The Morgan fingerprint density at radius 1 is 1.26 bits per heavy atom. The first-order valence-corrected chi connectivity index (χ1v) is 6.35. The fraction of sp³-hybridized carbons (Fsp3) is 0.286. The summed E-state index contributed by atoms with van der Waals surface area (Å²) >= 11 is 0. The molecule has 5 nitrogen and oxygen atoms in total. The molecule has 3 rings (SSSR count). The normalized spacial score (nSPS) is 11.3. The van der Waals surface area contributed by atoms with Crippen molar-refractivity contribution < 1.29 is 0 Å². The van der Waals surface area contributed by atoms with E-state index in [0.717, 1.165) is 35.3 Å². The number of hydrogen-bond donors (Lipinski definition) is 1. The van der Waals surface area contributed by atoms with Gasteiger partial charge in [0.1, 0.15) is 0 Å². The lowest BCUT2D eigenvalue weighted by molar-refractivity contribution is 0.683. The number of imidazole rings is 1. The van der Waals surface area contributed by atoms with Crippen LogP contribution in [0.1, 0.15) is 11.3 Å². The number of rotatable bonds is 3. The lowest BCUT2D eigenvalue weighted by Crippen LogP contribution is -2.06. The quantitative estimate of drug-likeness (QED) is 0.777. The molecule has 2 N–H and O–H groups in total. The first-order valence-electron chi connectivity index (χ1n) is 6.35. The van der Waals surface area contributed by atoms with Crippen LogP contribution >= 0.6 is 0 Å². The van der Waals surface area contributed by atoms with Crippen LogP contribution in [0.2, 0.25) is 0 Å². The van der Waals surface area contributed by atoms with Gasteiger partial charge in [0.25, 0.3) is 0 Å². The number of para-hydroxylation sites is 1. The standard InChI is InChI=1S/C14H17N5/c1-10-4-3-5-12-13(10)16-14(15)19(12)9-7-11-6-8-18(2)17-11/h3-6,8H,7,9H2,1-2H3,(H2,15,16). The molecule has 0 amide bonds. The molecular weight excluding hydrogens is 238 g/mol. The van der Waals surface area contributed by atoms with Gasteiger partial charge in [-0.1, -0.05) is 12.1 Å². The van der Waals surface area contributed by atoms with Crippen LogP contribution in [-0.2, 0) is 20.0 Å². The van der Waals surface area contributed by atoms with Gasteiger partial charge in [-0.25, -0.2) is 4.98 Å². The third-order valence-electron chi connectivity index (χ3n) is 3.37. The maximum atomic E-state index is 6.02. The van der Waals surface area contributed by atoms with E-state index in [1.165, 1.54) is 0 Å². The molecule has 0 saturated heterocycles. The van der Waals surface area contributed by atoms with Gasteiger partial charge < -0.3 is 10.3 Å². The van der Waals surface area contributed by atoms with Gasteiger partial charge in [0.2, 0.25) is 5.95 Å². The smallest absolute Gasteiger partial charge is 0.201 e. The Bertz CT molecular complexity index is 723. The third-order valence-corrected chi connectivity index (χ3v) is 3.37. The van der Waals surface area contributed by atoms with Gasteiger partial charge in [-0.05, 0) is 24.6 Å². The molecular formula is C14H17N5. The van der Waals surface area contributed by atoms with Gasteiger partial charge in [0.15, 0.2) is 0 Å². The van der Waals surface area contributed by atoms with Crippen molar-refractivity contribution >= 4 is 17.0 Å². The second-order valence-corrected chi connectivity index (χ2v) is 4.80. The number of anilines is 1. The van der Waals surface area contributed by atoms with Gasteiger partial charge in [-0.2, -0.15) is 5.10 Å². The minimum atomic E-state index is 0.570. The molecule has 0 unspecified atom stereocenters. The molecule has 0 fully saturated rings. The van der Waals surface area contributed by atoms with Crippen molar-refractivity contribution in [3.63, 3.8) is 0 Å². The molecule has 2 aromatic heterocycles. The number of aryl methyl sites for hydroxylation is 4. The van der Waals surface area contributed by atoms with E-state index in [1.807, 2.05) is 30.1 Å². The van der Waals surface area contributed by atoms with Crippen LogP contribution in [0.3, 0.4) is 0 Å². The van der Waals surface area contributed by atoms with E-state index < -0.39 is 0 Å². The number of nitrogens with zero attached hydrogens (tertiary/aromatic N) is 4. The molecule has 0 aliphatic heterocycles. The van der Waals surface area contributed by atoms with Crippen LogP contribution in [0.5, 0.6) is 0 Å². The van der Waals surface area contributed by atoms with Gasteiger partial charge in [-0.15, -0.1) is 0 Å². The van der Waals surface area contributed by atoms with Crippen molar-refractivity contribution in [1.82, 2.24) is 19.3 Å². The third kappa shape index (κ3) is 2.07. The van der Waals surface area contributed by atoms with Crippen LogP contribution in [0.25, 0.3) is 11.0 Å². The fourth-order valence-corrected chi connectivity index (χ4v) is 2.36. The summed E-state index contributed by atoms with van der Waals surface area (Å²) in [7, 11) is 1.92. The topological polar surface area (TPSA) is 61.7 Å². The molecule has 98 valence electrons. The summed E-state index contributed by atoms with van der Waals surface area (Å²) in [5, 5.41) is 4.38. The van der Waals surface area contributed by atoms with E-state index in [2.05, 4.69) is 33.7 Å². The predicted octanol–water partition coefficient (Wildman–Crippen LogP) is 1.90. The number of aromatic nitrogens is 4. The Kier molecular flexibility index (Phi) is 2.74. The summed E-state index contributed by atoms with van der Waals surface area (Å²) in [6, 6.07) is 8.18. The largest absolute Gasteiger partial charge is 0.369 e. The SMILES string of the molecule is Cc1cccc2c1nc(N)n2CCc1ccn(C)n1. The van der Waals surface area contributed by atoms with Crippen molar-refractivity contribution in [1.29, 1.82) is 0 Å². The molecule has 19 heavy (non-hydrogen) atoms. The highest BCUT2D eigenvalue weighted by atomic mass is 15.2. The number of benzene rings is 1. The first kappa shape index (κ1) is 11.8. The molecule has 0 spiro atoms. The number of nitrogens with two attached hydrogens (primary N) is 1. The minimum absolute atomic E-state index is 0.570. The molecule has 5 heteroatoms. The van der Waals surface area contributed by atoms with E-state index in [0.29, 0.717) is 5.95 Å². The summed E-state index contributed by atoms with van der Waals surface area (Å²) in [6.45, 7) is 2.85. The number of hydrogen-bond acceptors (Lipinski definition) is 3. The van der Waals surface area contributed by atoms with Crippen LogP contribution in [0.15, 0.2) is 30.5 Å². The maximum Gasteiger partial charge on any atom is 0.201 e. The van der Waals surface area contributed by atoms with Crippen LogP contribution in [-0.4, -0.2) is 19.3 Å². The van der Waals surface area contributed by atoms with E-state index in [1.54, 1.807) is 0 Å². The minimum Gasteiger partial charge on any atom is -0.369 e. The van der Waals surface area contributed by atoms with Crippen molar-refractivity contribution in [2.45, 2.75) is 19.9 Å². The first-order chi connectivity index (χ1) is 9.15. The molecule has 0 aliphatic rings. The zero-order valence-electron chi connectivity index (χ0n) is 11.2. The van der Waals surface area contributed by atoms with E-state index in [-0.39, 0.29) is 0 Å². The zero-order valence-corrected chi connectivity index (χ0v) is 11.2. The van der Waals surface area contributed by atoms with Crippen LogP contribution in [0.4, 0.5) is 5.95 Å². The van der Waals surface area contributed by atoms with Crippen LogP contribution < -0.4 is 5.73 Å². The fourth-order valence-electron chi connectivity index (χ4n) is 2.36. The van der Waals surface area contributed by atoms with Gasteiger partial charge in [-0.3, -0.25) is 4.68 Å². The Morgan fingerprint density at radius 3 is 2.84 bits per heavy atom. The molecule has 3 aromatic rings. The lowest BCUT2D eigenvalue weighted by atomic mass is 10.2. The number of nitrogen functional groups attached to an aromatic ring is 1. The van der Waals surface area contributed by atoms with Crippen molar-refractivity contribution in [2.24, 2.45) is 7.05 Å². The highest BCUT2D eigenvalue weighted by Gasteiger charge is 2.09. The number of fused-ring (bicyclic) bond motifs is 1. The summed E-state index contributed by atoms with van der Waals surface area (Å²) in [6.07, 6.45) is 2.80. The zero-order chi connectivity index (χ0) is 13.4. The van der Waals surface area contributed by atoms with Crippen molar-refractivity contribution in [2.75, 3.05) is 5.73 Å². The Morgan fingerprint density at radius 2 is 2.11 bits per heavy atom. The average molecular weight is 255 g/mol. The van der Waals surface area contributed by atoms with Gasteiger partial charge >= 0.3 is 0 Å². The predicted molar refractivity (Wildman–Crippen MR) is 75.8 cm³/mol. The van der Waals surface area contributed by atoms with Gasteiger partial charge in [0, 0.05) is 26.2 Å². The molecule has 0 atom stereocenters. The second kappa shape index (κ2) is 4.42. The maximum absolute atomic E-state index is 6.02. The highest BCUT2D eigenvalue weighted by molar-refractivity contribution is 5.81. The Labute approximate surface area is 111 Å². The van der Waals surface area contributed by atoms with E-state index >= 15 is 0 Å². The Balaban J connectivity index is 1.92. The van der Waals surface area contributed by atoms with Crippen LogP contribution in [0, 0.1) is 6.92 Å². The molecule has 1 aromatic carbocycles. The average Bonchev–Trinajstić information content (AvgIpc) is 2.92. The molecule has 0 radical (unpaired) electrons. The highest BCUT2D eigenvalue weighted by Crippen LogP contribution is 2.21. The second-order valence-electron chi connectivity index (χ2n) is 4.80. The van der Waals surface area contributed by atoms with E-state index in [4.69, 9.17) is 5.73 Å². The summed E-state index contributed by atoms with van der Waals surface area (Å²) in [4.78, 5) is 4.45. The lowest BCUT2D eigenvalue weighted by Gasteiger charge is -2.05.